The summed E-state index contributed by atoms with van der Waals surface area (Å²) in [5.41, 5.74) is 1.78. The largest absolute Gasteiger partial charge is 0.481 e. The van der Waals surface area contributed by atoms with Crippen LogP contribution in [0.1, 0.15) is 12.1 Å². The number of aromatic nitrogens is 4. The van der Waals surface area contributed by atoms with Crippen molar-refractivity contribution >= 4 is 34.7 Å². The van der Waals surface area contributed by atoms with Gasteiger partial charge in [0.2, 0.25) is 11.8 Å². The predicted molar refractivity (Wildman–Crippen MR) is 136 cm³/mol. The molecule has 0 saturated carbocycles. The summed E-state index contributed by atoms with van der Waals surface area (Å²) in [6.07, 6.45) is 1.60. The average Bonchev–Trinajstić information content (AvgIpc) is 2.89. The quantitative estimate of drug-likeness (QED) is 0.397. The normalized spacial score (nSPS) is 20.2. The number of hydrogen-bond acceptors (Lipinski definition) is 10. The molecule has 0 aromatic carbocycles. The molecule has 5 rings (SSSR count). The van der Waals surface area contributed by atoms with Crippen molar-refractivity contribution in [2.45, 2.75) is 30.5 Å². The summed E-state index contributed by atoms with van der Waals surface area (Å²) in [5, 5.41) is 16.8. The Balaban J connectivity index is 1.18. The molecule has 2 atom stereocenters. The van der Waals surface area contributed by atoms with Crippen LogP contribution in [0.3, 0.4) is 0 Å². The summed E-state index contributed by atoms with van der Waals surface area (Å²) in [6, 6.07) is 7.46. The number of nitrogens with one attached hydrogen (secondary N) is 2. The molecule has 3 aromatic rings. The number of thioether (sulfide) groups is 1. The van der Waals surface area contributed by atoms with Gasteiger partial charge in [0.05, 0.1) is 35.8 Å². The topological polar surface area (TPSA) is 134 Å². The SMILES string of the molecule is COc1ccc2ncc(=O)n(CCN3CC[C@@H](O)[C@@H](CNCc4ccc5c(n4)NC(=O)CS5)C3)c2n1. The highest BCUT2D eigenvalue weighted by atomic mass is 32.2. The molecule has 11 nitrogen and oxygen atoms in total. The van der Waals surface area contributed by atoms with Crippen LogP contribution < -0.4 is 20.9 Å². The summed E-state index contributed by atoms with van der Waals surface area (Å²) >= 11 is 1.49. The second-order valence-electron chi connectivity index (χ2n) is 8.98. The molecule has 0 aliphatic carbocycles. The maximum Gasteiger partial charge on any atom is 0.270 e. The van der Waals surface area contributed by atoms with E-state index in [0.717, 1.165) is 17.1 Å². The van der Waals surface area contributed by atoms with E-state index in [9.17, 15) is 14.7 Å². The summed E-state index contributed by atoms with van der Waals surface area (Å²) < 4.78 is 6.84. The Bertz CT molecular complexity index is 1320. The van der Waals surface area contributed by atoms with Gasteiger partial charge in [-0.3, -0.25) is 14.2 Å². The number of nitrogens with zero attached hydrogens (tertiary/aromatic N) is 5. The summed E-state index contributed by atoms with van der Waals surface area (Å²) in [4.78, 5) is 40.6. The van der Waals surface area contributed by atoms with Crippen molar-refractivity contribution in [2.75, 3.05) is 44.4 Å². The van der Waals surface area contributed by atoms with E-state index in [4.69, 9.17) is 4.74 Å². The number of hydrogen-bond donors (Lipinski definition) is 3. The van der Waals surface area contributed by atoms with E-state index >= 15 is 0 Å². The Labute approximate surface area is 212 Å². The molecule has 0 bridgehead atoms. The molecule has 2 aliphatic rings. The van der Waals surface area contributed by atoms with Gasteiger partial charge in [-0.15, -0.1) is 11.8 Å². The van der Waals surface area contributed by atoms with Gasteiger partial charge in [-0.1, -0.05) is 0 Å². The van der Waals surface area contributed by atoms with Gasteiger partial charge in [-0.25, -0.2) is 9.97 Å². The van der Waals surface area contributed by atoms with Crippen LogP contribution >= 0.6 is 11.8 Å². The van der Waals surface area contributed by atoms with Gasteiger partial charge in [0.25, 0.3) is 5.56 Å². The van der Waals surface area contributed by atoms with Crippen molar-refractivity contribution in [1.29, 1.82) is 0 Å². The number of carbonyl (C=O) groups excluding carboxylic acids is 1. The minimum Gasteiger partial charge on any atom is -0.481 e. The lowest BCUT2D eigenvalue weighted by atomic mass is 9.94. The van der Waals surface area contributed by atoms with Crippen LogP contribution in [0.4, 0.5) is 5.82 Å². The lowest BCUT2D eigenvalue weighted by molar-refractivity contribution is -0.113. The van der Waals surface area contributed by atoms with Crippen LogP contribution in [0.15, 0.2) is 40.2 Å². The van der Waals surface area contributed by atoms with Crippen LogP contribution in [0, 0.1) is 5.92 Å². The van der Waals surface area contributed by atoms with Crippen LogP contribution in [0.2, 0.25) is 0 Å². The Morgan fingerprint density at radius 3 is 2.97 bits per heavy atom. The minimum atomic E-state index is -0.392. The van der Waals surface area contributed by atoms with Crippen molar-refractivity contribution in [3.8, 4) is 5.88 Å². The van der Waals surface area contributed by atoms with Gasteiger partial charge in [0.1, 0.15) is 11.3 Å². The van der Waals surface area contributed by atoms with Gasteiger partial charge < -0.3 is 25.4 Å². The van der Waals surface area contributed by atoms with Crippen molar-refractivity contribution < 1.29 is 14.6 Å². The Morgan fingerprint density at radius 2 is 2.11 bits per heavy atom. The molecule has 36 heavy (non-hydrogen) atoms. The molecule has 5 heterocycles. The zero-order valence-electron chi connectivity index (χ0n) is 20.0. The van der Waals surface area contributed by atoms with Crippen LogP contribution in [-0.4, -0.2) is 80.6 Å². The number of fused-ring (bicyclic) bond motifs is 2. The lowest BCUT2D eigenvalue weighted by Crippen LogP contribution is -2.48. The first-order valence-corrected chi connectivity index (χ1v) is 12.9. The highest BCUT2D eigenvalue weighted by Gasteiger charge is 2.27. The number of likely N-dealkylation sites (tertiary alicyclic amines) is 1. The highest BCUT2D eigenvalue weighted by Crippen LogP contribution is 2.29. The molecule has 0 spiro atoms. The molecule has 0 radical (unpaired) electrons. The number of carbonyl (C=O) groups is 1. The first kappa shape index (κ1) is 24.6. The summed E-state index contributed by atoms with van der Waals surface area (Å²) in [5.74, 6) is 1.48. The van der Waals surface area contributed by atoms with Crippen molar-refractivity contribution in [3.05, 3.63) is 46.5 Å². The third-order valence-corrected chi connectivity index (χ3v) is 7.58. The van der Waals surface area contributed by atoms with Gasteiger partial charge in [-0.2, -0.15) is 4.98 Å². The average molecular weight is 512 g/mol. The number of aliphatic hydroxyl groups is 1. The molecule has 0 unspecified atom stereocenters. The fourth-order valence-electron chi connectivity index (χ4n) is 4.58. The number of anilines is 1. The molecule has 3 N–H and O–H groups in total. The van der Waals surface area contributed by atoms with Crippen LogP contribution in [0.5, 0.6) is 5.88 Å². The number of rotatable bonds is 8. The van der Waals surface area contributed by atoms with E-state index < -0.39 is 6.10 Å². The molecule has 190 valence electrons. The number of amides is 1. The molecule has 1 saturated heterocycles. The lowest BCUT2D eigenvalue weighted by Gasteiger charge is -2.36. The second-order valence-corrected chi connectivity index (χ2v) is 10.00. The number of methoxy groups -OCH3 is 1. The second kappa shape index (κ2) is 10.9. The Hall–Kier alpha value is -3.06. The van der Waals surface area contributed by atoms with Gasteiger partial charge in [0, 0.05) is 51.3 Å². The van der Waals surface area contributed by atoms with Crippen molar-refractivity contribution in [1.82, 2.24) is 29.7 Å². The molecule has 2 aliphatic heterocycles. The third kappa shape index (κ3) is 5.51. The summed E-state index contributed by atoms with van der Waals surface area (Å²) in [6.45, 7) is 3.78. The summed E-state index contributed by atoms with van der Waals surface area (Å²) in [7, 11) is 1.54. The van der Waals surface area contributed by atoms with Crippen molar-refractivity contribution in [2.24, 2.45) is 5.92 Å². The van der Waals surface area contributed by atoms with E-state index in [1.54, 1.807) is 23.8 Å². The highest BCUT2D eigenvalue weighted by molar-refractivity contribution is 8.00. The van der Waals surface area contributed by atoms with Gasteiger partial charge >= 0.3 is 0 Å². The monoisotopic (exact) mass is 511 g/mol. The predicted octanol–water partition coefficient (Wildman–Crippen LogP) is 0.712. The zero-order chi connectivity index (χ0) is 25.1. The minimum absolute atomic E-state index is 0.0347. The van der Waals surface area contributed by atoms with Crippen molar-refractivity contribution in [3.63, 3.8) is 0 Å². The molecular formula is C24H29N7O4S. The zero-order valence-corrected chi connectivity index (χ0v) is 20.8. The van der Waals surface area contributed by atoms with E-state index in [1.165, 1.54) is 18.0 Å². The van der Waals surface area contributed by atoms with Gasteiger partial charge in [-0.05, 0) is 24.6 Å². The van der Waals surface area contributed by atoms with E-state index in [2.05, 4.69) is 30.5 Å². The Morgan fingerprint density at radius 1 is 1.22 bits per heavy atom. The number of pyridine rings is 2. The molecule has 3 aromatic heterocycles. The maximum atomic E-state index is 12.5. The van der Waals surface area contributed by atoms with E-state index in [0.29, 0.717) is 67.8 Å². The number of piperidine rings is 1. The maximum absolute atomic E-state index is 12.5. The standard InChI is InChI=1S/C24H29N7O4S/c1-35-21-5-3-17-24(29-21)31(22(34)12-26-17)9-8-30-7-6-18(32)15(13-30)10-25-11-16-2-4-19-23(27-16)28-20(33)14-36-19/h2-5,12,15,18,25,32H,6-11,13-14H2,1H3,(H,27,28,33)/t15-,18+/m0/s1. The molecular weight excluding hydrogens is 482 g/mol. The molecule has 1 fully saturated rings. The fourth-order valence-corrected chi connectivity index (χ4v) is 5.34. The van der Waals surface area contributed by atoms with E-state index in [1.807, 2.05) is 12.1 Å². The first-order valence-electron chi connectivity index (χ1n) is 11.9. The molecule has 12 heteroatoms. The fraction of sp³-hybridized carbons (Fsp3) is 0.458. The third-order valence-electron chi connectivity index (χ3n) is 6.54. The van der Waals surface area contributed by atoms with Crippen LogP contribution in [0.25, 0.3) is 11.2 Å². The number of aliphatic hydroxyl groups excluding tert-OH is 1. The molecule has 1 amide bonds. The van der Waals surface area contributed by atoms with Gasteiger partial charge in [0.15, 0.2) is 5.65 Å². The van der Waals surface area contributed by atoms with Crippen LogP contribution in [-0.2, 0) is 17.9 Å². The smallest absolute Gasteiger partial charge is 0.270 e. The first-order chi connectivity index (χ1) is 17.5. The number of ether oxygens (including phenoxy) is 1. The van der Waals surface area contributed by atoms with E-state index in [-0.39, 0.29) is 17.4 Å². The Kier molecular flexibility index (Phi) is 7.46.